The number of ether oxygens (including phenoxy) is 1. The Kier molecular flexibility index (Phi) is 70.7. The third-order valence-corrected chi connectivity index (χ3v) is 15.4. The van der Waals surface area contributed by atoms with E-state index in [2.05, 4.69) is 253 Å². The smallest absolute Gasteiger partial charge is 0 e. The summed E-state index contributed by atoms with van der Waals surface area (Å²) < 4.78 is 4.73. The zero-order valence-corrected chi connectivity index (χ0v) is 73.6. The Morgan fingerprint density at radius 1 is 0.429 bits per heavy atom. The molecule has 10 rings (SSSR count). The molecule has 8 nitrogen and oxygen atoms in total. The summed E-state index contributed by atoms with van der Waals surface area (Å²) in [7, 11) is 13.0. The number of fused-ring (bicyclic) bond motifs is 5. The van der Waals surface area contributed by atoms with E-state index >= 15 is 0 Å². The van der Waals surface area contributed by atoms with Crippen molar-refractivity contribution in [3.63, 3.8) is 0 Å². The number of carbonyl (C=O) groups is 1. The molecule has 0 saturated heterocycles. The predicted molar refractivity (Wildman–Crippen MR) is 438 cm³/mol. The molecule has 0 unspecified atom stereocenters. The van der Waals surface area contributed by atoms with E-state index in [0.29, 0.717) is 15.0 Å². The number of carbonyl (C=O) groups excluding carboxylic acids is 1. The van der Waals surface area contributed by atoms with Gasteiger partial charge in [0.05, 0.1) is 19.3 Å². The second kappa shape index (κ2) is 64.1. The summed E-state index contributed by atoms with van der Waals surface area (Å²) >= 11 is 12.1. The molecule has 1 N–H and O–H groups in total. The van der Waals surface area contributed by atoms with Crippen LogP contribution in [0.5, 0.6) is 0 Å². The molecule has 520 valence electrons. The van der Waals surface area contributed by atoms with Crippen LogP contribution in [-0.2, 0) is 121 Å². The average Bonchev–Trinajstić information content (AvgIpc) is 2.83. The first-order chi connectivity index (χ1) is 42.5. The van der Waals surface area contributed by atoms with Crippen molar-refractivity contribution in [2.75, 3.05) is 108 Å². The number of nitrogens with zero attached hydrogens (tertiary/aromatic N) is 5. The van der Waals surface area contributed by atoms with E-state index in [0.717, 1.165) is 70.3 Å². The fraction of sp³-hybridized carbons (Fsp3) is 0.587. The van der Waals surface area contributed by atoms with Crippen molar-refractivity contribution in [1.82, 2.24) is 24.5 Å². The number of rotatable bonds is 4. The number of esters is 1. The topological polar surface area (TPSA) is 62.7 Å². The maximum atomic E-state index is 11.4. The fourth-order valence-corrected chi connectivity index (χ4v) is 10.3. The van der Waals surface area contributed by atoms with E-state index in [1.165, 1.54) is 124 Å². The van der Waals surface area contributed by atoms with Crippen LogP contribution in [0.4, 0.5) is 0 Å². The van der Waals surface area contributed by atoms with Crippen LogP contribution in [-0.4, -0.2) is 143 Å². The van der Waals surface area contributed by atoms with Gasteiger partial charge in [-0.15, -0.1) is 0 Å². The molecular formula is C75H127I5N5O3V3. The van der Waals surface area contributed by atoms with Gasteiger partial charge in [-0.05, 0) is 204 Å². The van der Waals surface area contributed by atoms with Gasteiger partial charge in [0.25, 0.3) is 0 Å². The van der Waals surface area contributed by atoms with Gasteiger partial charge in [0.1, 0.15) is 0 Å². The van der Waals surface area contributed by atoms with Gasteiger partial charge in [-0.2, -0.15) is 0 Å². The molecule has 0 saturated carbocycles. The normalized spacial score (nSPS) is 14.4. The number of methoxy groups -OCH3 is 1. The van der Waals surface area contributed by atoms with Gasteiger partial charge in [0, 0.05) is 84.0 Å². The molecule has 5 aliphatic rings. The molecule has 5 aliphatic heterocycles. The van der Waals surface area contributed by atoms with Crippen molar-refractivity contribution in [3.05, 3.63) is 174 Å². The van der Waals surface area contributed by atoms with E-state index < -0.39 is 0 Å². The molecule has 0 amide bonds. The molecule has 5 aromatic carbocycles. The van der Waals surface area contributed by atoms with Crippen molar-refractivity contribution in [3.8, 4) is 0 Å². The largest absolute Gasteiger partial charge is 0 e. The summed E-state index contributed by atoms with van der Waals surface area (Å²) in [6.45, 7) is 38.4. The average molecular weight is 1930 g/mol. The number of likely N-dealkylation sites (N-methyl/N-ethyl adjacent to an activating group) is 5. The van der Waals surface area contributed by atoms with Crippen molar-refractivity contribution < 1.29 is 47.6 Å². The van der Waals surface area contributed by atoms with Crippen LogP contribution in [0.1, 0.15) is 186 Å². The summed E-state index contributed by atoms with van der Waals surface area (Å²) in [5.74, 6) is -0.250. The Balaban J connectivity index is -0.000000316. The maximum absolute atomic E-state index is 11.4. The third-order valence-electron chi connectivity index (χ3n) is 15.4. The van der Waals surface area contributed by atoms with E-state index in [9.17, 15) is 4.79 Å². The van der Waals surface area contributed by atoms with Gasteiger partial charge in [0.2, 0.25) is 0 Å². The Hall–Kier alpha value is 0.733. The second-order valence-electron chi connectivity index (χ2n) is 21.2. The predicted octanol–water partition coefficient (Wildman–Crippen LogP) is 20.1. The number of hydrogen-bond acceptors (Lipinski definition) is 8. The first-order valence-electron chi connectivity index (χ1n) is 32.8. The minimum absolute atomic E-state index is 0. The zero-order valence-electron chi connectivity index (χ0n) is 58.7. The number of aliphatic hydroxyl groups excluding tert-OH is 1. The molecule has 1 radical (unpaired) electrons. The van der Waals surface area contributed by atoms with Crippen LogP contribution < -0.4 is 0 Å². The van der Waals surface area contributed by atoms with E-state index in [4.69, 9.17) is 9.84 Å². The van der Waals surface area contributed by atoms with E-state index in [-0.39, 0.29) is 50.9 Å². The number of aryl methyl sites for hydroxylation is 3. The standard InChI is InChI=1S/C13H17NO2.2C13H19N.C12H17NO.C12H17N.5C2H6.2CH4.5HI.3V/c1-14-7-5-10-3-4-12(13(15)16-2)9-11(10)6-8-14;2*1-3-11-4-5-12-6-8-14(2)9-7-13(12)10-11;1-13-6-4-11-3-2-10(9-14)8-12(11)5-7-13;1-10-3-4-11-5-7-13(2)8-6-12(11)9-10;5*1-2;;;;;;;;;;/h3-4,9H,5-8H2,1-2H3;2*4-5,10H,3,6-9H2,1-2H3;2-3,8,14H,4-7,9H2,1H3;3-4,9H,5-8H2,1-2H3;5*1-2H3;2*1H4;5*1H;;;/q;;;;;;;;;;;;;;;;;;+2;+3/p-5. The molecule has 5 aromatic rings. The first kappa shape index (κ1) is 100. The molecule has 0 aliphatic carbocycles. The molecule has 16 heteroatoms. The Morgan fingerprint density at radius 2 is 0.648 bits per heavy atom. The van der Waals surface area contributed by atoms with Crippen molar-refractivity contribution in [2.24, 2.45) is 0 Å². The fourth-order valence-electron chi connectivity index (χ4n) is 10.3. The third kappa shape index (κ3) is 43.8. The van der Waals surface area contributed by atoms with Crippen LogP contribution >= 0.6 is 99.9 Å². The van der Waals surface area contributed by atoms with Crippen molar-refractivity contribution in [2.45, 2.75) is 189 Å². The Morgan fingerprint density at radius 3 is 0.912 bits per heavy atom. The summed E-state index contributed by atoms with van der Waals surface area (Å²) in [6, 6.07) is 33.1. The maximum Gasteiger partial charge on any atom is 0 e. The van der Waals surface area contributed by atoms with Crippen LogP contribution in [0.3, 0.4) is 0 Å². The number of hydrogen-bond donors (Lipinski definition) is 1. The monoisotopic (exact) mass is 1930 g/mol. The van der Waals surface area contributed by atoms with Gasteiger partial charge in [-0.3, -0.25) is 0 Å². The molecule has 0 atom stereocenters. The van der Waals surface area contributed by atoms with Crippen LogP contribution in [0.25, 0.3) is 0 Å². The molecule has 91 heavy (non-hydrogen) atoms. The van der Waals surface area contributed by atoms with Crippen LogP contribution in [0, 0.1) is 6.92 Å². The summed E-state index contributed by atoms with van der Waals surface area (Å²) in [6.07, 6.45) is 13.9. The molecule has 0 spiro atoms. The number of aliphatic hydroxyl groups is 1. The Bertz CT molecular complexity index is 2410. The van der Waals surface area contributed by atoms with Crippen LogP contribution in [0.15, 0.2) is 91.0 Å². The zero-order chi connectivity index (χ0) is 67.0. The molecule has 5 heterocycles. The first-order valence-corrected chi connectivity index (χ1v) is 55.4. The molecule has 0 aromatic heterocycles. The number of halogens is 5. The summed E-state index contributed by atoms with van der Waals surface area (Å²) in [5, 5.41) is 9.05. The van der Waals surface area contributed by atoms with Gasteiger partial charge >= 0.3 is 120 Å². The van der Waals surface area contributed by atoms with Crippen molar-refractivity contribution >= 4 is 106 Å². The molecular weight excluding hydrogens is 1810 g/mol. The van der Waals surface area contributed by atoms with Crippen molar-refractivity contribution in [1.29, 1.82) is 0 Å². The molecule has 0 fully saturated rings. The van der Waals surface area contributed by atoms with Gasteiger partial charge in [0.15, 0.2) is 0 Å². The Labute approximate surface area is 640 Å². The minimum Gasteiger partial charge on any atom is 0 e. The van der Waals surface area contributed by atoms with E-state index in [1.54, 1.807) is 33.4 Å². The van der Waals surface area contributed by atoms with Gasteiger partial charge in [-0.25, -0.2) is 4.79 Å². The van der Waals surface area contributed by atoms with Gasteiger partial charge in [-0.1, -0.05) is 182 Å². The second-order valence-corrected chi connectivity index (χ2v) is 68.4. The van der Waals surface area contributed by atoms with Crippen LogP contribution in [0.2, 0.25) is 0 Å². The quantitative estimate of drug-likeness (QED) is 0.141. The molecule has 0 bridgehead atoms. The number of benzene rings is 5. The van der Waals surface area contributed by atoms with E-state index in [1.807, 2.05) is 87.4 Å². The summed E-state index contributed by atoms with van der Waals surface area (Å²) in [5.41, 5.74) is 20.9. The summed E-state index contributed by atoms with van der Waals surface area (Å²) in [4.78, 5) is 23.1. The van der Waals surface area contributed by atoms with Gasteiger partial charge < -0.3 is 34.3 Å². The SMILES string of the molecule is C.C.CC.CC.CC.CC.CC.CCc1ccc2c(c1)CCN(C)CC2.CCc1ccc2c(c1)CCN(C)CC2.CN1CCc2ccc(CO)cc2CC1.COC(=O)c1ccc2c(c1)CCN(C)CC2.Cc1ccc2c(c1)CCN(C)CC2.[I][V]([I])[I].[I][V][I].[V]. The minimum atomic E-state index is -0.278.